The highest BCUT2D eigenvalue weighted by atomic mass is 32.2. The van der Waals surface area contributed by atoms with E-state index in [0.29, 0.717) is 37.3 Å². The zero-order valence-corrected chi connectivity index (χ0v) is 20.4. The van der Waals surface area contributed by atoms with Gasteiger partial charge in [0.2, 0.25) is 5.88 Å². The van der Waals surface area contributed by atoms with Crippen LogP contribution in [0.5, 0.6) is 5.88 Å². The molecule has 4 rings (SSSR count). The molecule has 3 heterocycles. The predicted octanol–water partition coefficient (Wildman–Crippen LogP) is 3.62. The molecule has 1 saturated heterocycles. The summed E-state index contributed by atoms with van der Waals surface area (Å²) in [7, 11) is 3.06. The average Bonchev–Trinajstić information content (AvgIpc) is 3.30. The second-order valence-electron chi connectivity index (χ2n) is 7.32. The van der Waals surface area contributed by atoms with Crippen molar-refractivity contribution < 1.29 is 23.9 Å². The van der Waals surface area contributed by atoms with Crippen molar-refractivity contribution in [2.45, 2.75) is 13.5 Å². The van der Waals surface area contributed by atoms with E-state index in [2.05, 4.69) is 15.3 Å². The van der Waals surface area contributed by atoms with Gasteiger partial charge in [-0.3, -0.25) is 19.3 Å². The molecule has 0 atom stereocenters. The number of ether oxygens (including phenoxy) is 2. The summed E-state index contributed by atoms with van der Waals surface area (Å²) in [6.07, 6.45) is 1.69. The number of hydrogen-bond donors (Lipinski definition) is 1. The summed E-state index contributed by atoms with van der Waals surface area (Å²) in [5, 5.41) is 3.11. The standard InChI is InChI=1S/C23H22N4O5S2/c1-13-17-20(32-3)25-16(12-31-2)26-21(17)34-18(13)19(28)24-9-10-27-22(29)15(33-23(27)30)11-14-7-5-4-6-8-14/h4-8,11H,9-10,12H2,1-3H3,(H,24,28)/b15-11+. The normalized spacial score (nSPS) is 14.9. The number of nitrogens with zero attached hydrogens (tertiary/aromatic N) is 3. The molecule has 0 saturated carbocycles. The third-order valence-electron chi connectivity index (χ3n) is 5.07. The van der Waals surface area contributed by atoms with Crippen LogP contribution in [0.1, 0.15) is 26.6 Å². The molecule has 0 bridgehead atoms. The fourth-order valence-electron chi connectivity index (χ4n) is 3.46. The number of carbonyl (C=O) groups excluding carboxylic acids is 3. The van der Waals surface area contributed by atoms with Gasteiger partial charge in [-0.05, 0) is 35.9 Å². The smallest absolute Gasteiger partial charge is 0.293 e. The van der Waals surface area contributed by atoms with Gasteiger partial charge in [0.15, 0.2) is 5.82 Å². The van der Waals surface area contributed by atoms with Gasteiger partial charge in [0, 0.05) is 20.2 Å². The number of amides is 3. The van der Waals surface area contributed by atoms with Crippen LogP contribution in [0.2, 0.25) is 0 Å². The summed E-state index contributed by atoms with van der Waals surface area (Å²) in [5.41, 5.74) is 1.55. The zero-order chi connectivity index (χ0) is 24.2. The van der Waals surface area contributed by atoms with Crippen molar-refractivity contribution in [3.05, 3.63) is 57.1 Å². The van der Waals surface area contributed by atoms with Gasteiger partial charge in [-0.15, -0.1) is 11.3 Å². The molecule has 1 N–H and O–H groups in total. The fourth-order valence-corrected chi connectivity index (χ4v) is 5.43. The number of rotatable bonds is 8. The van der Waals surface area contributed by atoms with Crippen LogP contribution in [0.25, 0.3) is 16.3 Å². The van der Waals surface area contributed by atoms with E-state index in [9.17, 15) is 14.4 Å². The number of hydrogen-bond acceptors (Lipinski definition) is 9. The van der Waals surface area contributed by atoms with Gasteiger partial charge >= 0.3 is 0 Å². The van der Waals surface area contributed by atoms with Crippen LogP contribution in [-0.2, 0) is 16.1 Å². The van der Waals surface area contributed by atoms with Crippen molar-refractivity contribution in [3.63, 3.8) is 0 Å². The molecule has 0 spiro atoms. The molecule has 0 unspecified atom stereocenters. The number of thioether (sulfide) groups is 1. The Morgan fingerprint density at radius 3 is 2.65 bits per heavy atom. The Kier molecular flexibility index (Phi) is 7.25. The van der Waals surface area contributed by atoms with Crippen LogP contribution in [0.15, 0.2) is 35.2 Å². The average molecular weight is 499 g/mol. The molecular formula is C23H22N4O5S2. The highest BCUT2D eigenvalue weighted by Crippen LogP contribution is 2.35. The van der Waals surface area contributed by atoms with Crippen LogP contribution >= 0.6 is 23.1 Å². The molecule has 1 aliphatic heterocycles. The summed E-state index contributed by atoms with van der Waals surface area (Å²) < 4.78 is 10.5. The molecule has 2 aromatic heterocycles. The van der Waals surface area contributed by atoms with Crippen molar-refractivity contribution in [2.75, 3.05) is 27.3 Å². The second-order valence-corrected chi connectivity index (χ2v) is 9.31. The van der Waals surface area contributed by atoms with Gasteiger partial charge in [-0.1, -0.05) is 30.3 Å². The van der Waals surface area contributed by atoms with E-state index in [4.69, 9.17) is 9.47 Å². The fraction of sp³-hybridized carbons (Fsp3) is 0.261. The third kappa shape index (κ3) is 4.81. The Labute approximate surface area is 204 Å². The maximum Gasteiger partial charge on any atom is 0.293 e. The van der Waals surface area contributed by atoms with E-state index < -0.39 is 0 Å². The first-order valence-electron chi connectivity index (χ1n) is 10.3. The van der Waals surface area contributed by atoms with E-state index in [-0.39, 0.29) is 36.7 Å². The van der Waals surface area contributed by atoms with E-state index in [0.717, 1.165) is 22.2 Å². The number of thiophene rings is 1. The number of imide groups is 1. The maximum absolute atomic E-state index is 12.9. The van der Waals surface area contributed by atoms with Gasteiger partial charge in [0.05, 0.1) is 22.3 Å². The van der Waals surface area contributed by atoms with Crippen LogP contribution in [0, 0.1) is 6.92 Å². The van der Waals surface area contributed by atoms with Gasteiger partial charge in [-0.25, -0.2) is 4.98 Å². The summed E-state index contributed by atoms with van der Waals surface area (Å²) in [6.45, 7) is 2.23. The topological polar surface area (TPSA) is 111 Å². The molecule has 3 amide bonds. The molecule has 1 aromatic carbocycles. The first-order valence-corrected chi connectivity index (χ1v) is 12.0. The Morgan fingerprint density at radius 2 is 1.94 bits per heavy atom. The number of aromatic nitrogens is 2. The van der Waals surface area contributed by atoms with Gasteiger partial charge < -0.3 is 14.8 Å². The number of carbonyl (C=O) groups is 3. The first kappa shape index (κ1) is 23.9. The Bertz CT molecular complexity index is 1290. The minimum absolute atomic E-state index is 0.0770. The molecule has 0 radical (unpaired) electrons. The molecule has 9 nitrogen and oxygen atoms in total. The van der Waals surface area contributed by atoms with Crippen LogP contribution in [-0.4, -0.2) is 59.2 Å². The summed E-state index contributed by atoms with van der Waals surface area (Å²) >= 11 is 2.12. The number of fused-ring (bicyclic) bond motifs is 1. The molecule has 3 aromatic rings. The van der Waals surface area contributed by atoms with E-state index >= 15 is 0 Å². The maximum atomic E-state index is 12.9. The van der Waals surface area contributed by atoms with E-state index in [1.165, 1.54) is 18.4 Å². The monoisotopic (exact) mass is 498 g/mol. The van der Waals surface area contributed by atoms with Crippen molar-refractivity contribution in [2.24, 2.45) is 0 Å². The SMILES string of the molecule is COCc1nc(OC)c2c(C)c(C(=O)NCCN3C(=O)S/C(=C/c4ccccc4)C3=O)sc2n1. The predicted molar refractivity (Wildman–Crippen MR) is 131 cm³/mol. The van der Waals surface area contributed by atoms with E-state index in [1.54, 1.807) is 20.1 Å². The zero-order valence-electron chi connectivity index (χ0n) is 18.8. The lowest BCUT2D eigenvalue weighted by Gasteiger charge is -2.12. The van der Waals surface area contributed by atoms with Crippen molar-refractivity contribution in [1.82, 2.24) is 20.2 Å². The molecule has 176 valence electrons. The molecule has 11 heteroatoms. The largest absolute Gasteiger partial charge is 0.480 e. The number of methoxy groups -OCH3 is 2. The lowest BCUT2D eigenvalue weighted by Crippen LogP contribution is -2.37. The van der Waals surface area contributed by atoms with Gasteiger partial charge in [0.25, 0.3) is 17.1 Å². The minimum Gasteiger partial charge on any atom is -0.480 e. The van der Waals surface area contributed by atoms with Crippen molar-refractivity contribution in [1.29, 1.82) is 0 Å². The van der Waals surface area contributed by atoms with E-state index in [1.807, 2.05) is 30.3 Å². The summed E-state index contributed by atoms with van der Waals surface area (Å²) in [6, 6.07) is 9.33. The third-order valence-corrected chi connectivity index (χ3v) is 7.16. The summed E-state index contributed by atoms with van der Waals surface area (Å²) in [4.78, 5) is 49.3. The van der Waals surface area contributed by atoms with Crippen LogP contribution in [0.4, 0.5) is 4.79 Å². The highest BCUT2D eigenvalue weighted by Gasteiger charge is 2.34. The van der Waals surface area contributed by atoms with Crippen LogP contribution in [0.3, 0.4) is 0 Å². The first-order chi connectivity index (χ1) is 16.4. The molecule has 34 heavy (non-hydrogen) atoms. The minimum atomic E-state index is -0.364. The molecular weight excluding hydrogens is 476 g/mol. The highest BCUT2D eigenvalue weighted by molar-refractivity contribution is 8.18. The van der Waals surface area contributed by atoms with Crippen molar-refractivity contribution >= 4 is 56.4 Å². The number of aryl methyl sites for hydroxylation is 1. The molecule has 1 fully saturated rings. The number of nitrogens with one attached hydrogen (secondary N) is 1. The lowest BCUT2D eigenvalue weighted by molar-refractivity contribution is -0.122. The lowest BCUT2D eigenvalue weighted by atomic mass is 10.2. The van der Waals surface area contributed by atoms with Crippen molar-refractivity contribution in [3.8, 4) is 5.88 Å². The Hall–Kier alpha value is -3.28. The Morgan fingerprint density at radius 1 is 1.18 bits per heavy atom. The van der Waals surface area contributed by atoms with Gasteiger partial charge in [0.1, 0.15) is 11.4 Å². The molecule has 0 aliphatic carbocycles. The van der Waals surface area contributed by atoms with Gasteiger partial charge in [-0.2, -0.15) is 4.98 Å². The quantitative estimate of drug-likeness (QED) is 0.469. The van der Waals surface area contributed by atoms with Crippen LogP contribution < -0.4 is 10.1 Å². The summed E-state index contributed by atoms with van der Waals surface area (Å²) in [5.74, 6) is 0.162. The number of benzene rings is 1. The molecule has 1 aliphatic rings. The Balaban J connectivity index is 1.44. The second kappa shape index (κ2) is 10.3.